The third kappa shape index (κ3) is 5.49. The Morgan fingerprint density at radius 2 is 1.83 bits per heavy atom. The van der Waals surface area contributed by atoms with E-state index in [0.29, 0.717) is 38.7 Å². The molecule has 1 heterocycles. The van der Waals surface area contributed by atoms with Crippen molar-refractivity contribution in [3.05, 3.63) is 46.8 Å². The lowest BCUT2D eigenvalue weighted by Gasteiger charge is -2.35. The molecule has 0 bridgehead atoms. The van der Waals surface area contributed by atoms with E-state index in [0.717, 1.165) is 6.07 Å². The molecule has 1 N–H and O–H groups in total. The van der Waals surface area contributed by atoms with Gasteiger partial charge in [0.15, 0.2) is 0 Å². The van der Waals surface area contributed by atoms with E-state index in [-0.39, 0.29) is 30.4 Å². The maximum absolute atomic E-state index is 14.3. The van der Waals surface area contributed by atoms with Crippen molar-refractivity contribution < 1.29 is 17.6 Å². The van der Waals surface area contributed by atoms with Gasteiger partial charge in [-0.15, -0.1) is 31.4 Å². The van der Waals surface area contributed by atoms with Gasteiger partial charge in [-0.05, 0) is 18.6 Å². The molecule has 0 aliphatic carbocycles. The number of nitrogens with zero attached hydrogens (tertiary/aromatic N) is 1. The van der Waals surface area contributed by atoms with Crippen molar-refractivity contribution in [2.75, 3.05) is 26.2 Å². The molecule has 0 saturated carbocycles. The summed E-state index contributed by atoms with van der Waals surface area (Å²) in [4.78, 5) is 1.95. The van der Waals surface area contributed by atoms with Gasteiger partial charge in [0.05, 0.1) is 10.6 Å². The Morgan fingerprint density at radius 3 is 2.33 bits per heavy atom. The van der Waals surface area contributed by atoms with Crippen LogP contribution in [0.2, 0.25) is 5.02 Å². The summed E-state index contributed by atoms with van der Waals surface area (Å²) in [7, 11) is 0. The molecule has 24 heavy (non-hydrogen) atoms. The van der Waals surface area contributed by atoms with Crippen LogP contribution in [-0.2, 0) is 6.18 Å². The Labute approximate surface area is 156 Å². The average molecular weight is 410 g/mol. The number of piperazine rings is 1. The molecule has 0 amide bonds. The first-order valence-corrected chi connectivity index (χ1v) is 7.34. The predicted molar refractivity (Wildman–Crippen MR) is 92.9 cm³/mol. The van der Waals surface area contributed by atoms with E-state index < -0.39 is 28.6 Å². The molecule has 138 valence electrons. The zero-order valence-corrected chi connectivity index (χ0v) is 15.1. The second-order valence-corrected chi connectivity index (χ2v) is 5.59. The quantitative estimate of drug-likeness (QED) is 0.564. The van der Waals surface area contributed by atoms with E-state index in [1.807, 2.05) is 4.90 Å². The van der Waals surface area contributed by atoms with Crippen LogP contribution >= 0.6 is 36.4 Å². The molecule has 1 fully saturated rings. The molecule has 2 rings (SSSR count). The fourth-order valence-electron chi connectivity index (χ4n) is 2.64. The Hall–Kier alpha value is -0.530. The molecule has 9 heteroatoms. The monoisotopic (exact) mass is 408 g/mol. The van der Waals surface area contributed by atoms with Crippen LogP contribution in [0.4, 0.5) is 17.6 Å². The lowest BCUT2D eigenvalue weighted by molar-refractivity contribution is -0.137. The number of rotatable bonds is 4. The van der Waals surface area contributed by atoms with E-state index in [2.05, 4.69) is 11.9 Å². The second-order valence-electron chi connectivity index (χ2n) is 5.19. The van der Waals surface area contributed by atoms with Crippen LogP contribution in [0.3, 0.4) is 0 Å². The van der Waals surface area contributed by atoms with E-state index >= 15 is 0 Å². The van der Waals surface area contributed by atoms with Gasteiger partial charge in [-0.2, -0.15) is 13.2 Å². The Balaban J connectivity index is 0.00000264. The Morgan fingerprint density at radius 1 is 1.25 bits per heavy atom. The van der Waals surface area contributed by atoms with Crippen molar-refractivity contribution >= 4 is 36.4 Å². The van der Waals surface area contributed by atoms with Crippen LogP contribution < -0.4 is 5.32 Å². The van der Waals surface area contributed by atoms with Crippen molar-refractivity contribution in [2.45, 2.75) is 18.6 Å². The van der Waals surface area contributed by atoms with Crippen molar-refractivity contribution in [2.24, 2.45) is 0 Å². The van der Waals surface area contributed by atoms with Crippen molar-refractivity contribution in [3.8, 4) is 0 Å². The second kappa shape index (κ2) is 9.82. The molecule has 1 aromatic carbocycles. The van der Waals surface area contributed by atoms with Gasteiger partial charge in [-0.25, -0.2) is 4.39 Å². The highest BCUT2D eigenvalue weighted by atomic mass is 35.5. The van der Waals surface area contributed by atoms with Gasteiger partial charge in [-0.3, -0.25) is 4.90 Å². The molecular formula is C15H19Cl3F4N2. The minimum Gasteiger partial charge on any atom is -0.314 e. The molecule has 1 aliphatic rings. The molecule has 1 saturated heterocycles. The van der Waals surface area contributed by atoms with Gasteiger partial charge in [0.2, 0.25) is 0 Å². The lowest BCUT2D eigenvalue weighted by Crippen LogP contribution is -2.45. The van der Waals surface area contributed by atoms with Gasteiger partial charge in [0, 0.05) is 37.8 Å². The fraction of sp³-hybridized carbons (Fsp3) is 0.467. The van der Waals surface area contributed by atoms with E-state index in [4.69, 9.17) is 11.6 Å². The topological polar surface area (TPSA) is 15.3 Å². The number of halogens is 7. The third-order valence-corrected chi connectivity index (χ3v) is 4.00. The van der Waals surface area contributed by atoms with E-state index in [9.17, 15) is 17.6 Å². The molecule has 1 aromatic rings. The molecule has 1 atom stereocenters. The summed E-state index contributed by atoms with van der Waals surface area (Å²) in [5.74, 6) is -0.792. The first-order valence-electron chi connectivity index (χ1n) is 6.96. The maximum Gasteiger partial charge on any atom is 0.416 e. The van der Waals surface area contributed by atoms with Crippen LogP contribution in [0.25, 0.3) is 0 Å². The summed E-state index contributed by atoms with van der Waals surface area (Å²) in [5.41, 5.74) is -0.959. The van der Waals surface area contributed by atoms with Crippen LogP contribution in [0.5, 0.6) is 0 Å². The SMILES string of the molecule is C=CC[C@@H](c1cc(C(F)(F)F)cc(Cl)c1F)N1CCNCC1.Cl.Cl. The number of alkyl halides is 3. The van der Waals surface area contributed by atoms with Gasteiger partial charge in [-0.1, -0.05) is 17.7 Å². The van der Waals surface area contributed by atoms with Crippen LogP contribution in [0.15, 0.2) is 24.8 Å². The average Bonchev–Trinajstić information content (AvgIpc) is 2.47. The number of benzene rings is 1. The molecule has 2 nitrogen and oxygen atoms in total. The first-order chi connectivity index (χ1) is 10.3. The Bertz CT molecular complexity index is 546. The summed E-state index contributed by atoms with van der Waals surface area (Å²) in [6.07, 6.45) is -2.62. The van der Waals surface area contributed by atoms with E-state index in [1.54, 1.807) is 6.08 Å². The predicted octanol–water partition coefficient (Wildman–Crippen LogP) is 4.86. The van der Waals surface area contributed by atoms with Gasteiger partial charge >= 0.3 is 6.18 Å². The highest BCUT2D eigenvalue weighted by molar-refractivity contribution is 6.30. The summed E-state index contributed by atoms with van der Waals surface area (Å²) < 4.78 is 53.2. The number of hydrogen-bond donors (Lipinski definition) is 1. The van der Waals surface area contributed by atoms with Gasteiger partial charge < -0.3 is 5.32 Å². The standard InChI is InChI=1S/C15H17ClF4N2.2ClH/c1-2-3-13(22-6-4-21-5-7-22)11-8-10(15(18,19)20)9-12(16)14(11)17;;/h2,8-9,13,21H,1,3-7H2;2*1H/t13-;;/m0../s1. The highest BCUT2D eigenvalue weighted by Gasteiger charge is 2.34. The molecular weight excluding hydrogens is 391 g/mol. The van der Waals surface area contributed by atoms with Crippen LogP contribution in [0, 0.1) is 5.82 Å². The Kier molecular flexibility index (Phi) is 9.61. The highest BCUT2D eigenvalue weighted by Crippen LogP contribution is 2.37. The number of nitrogens with one attached hydrogen (secondary N) is 1. The maximum atomic E-state index is 14.3. The number of hydrogen-bond acceptors (Lipinski definition) is 2. The lowest BCUT2D eigenvalue weighted by atomic mass is 9.98. The zero-order chi connectivity index (χ0) is 16.3. The molecule has 0 spiro atoms. The fourth-order valence-corrected chi connectivity index (χ4v) is 2.87. The largest absolute Gasteiger partial charge is 0.416 e. The van der Waals surface area contributed by atoms with Crippen molar-refractivity contribution in [3.63, 3.8) is 0 Å². The van der Waals surface area contributed by atoms with Crippen LogP contribution in [-0.4, -0.2) is 31.1 Å². The summed E-state index contributed by atoms with van der Waals surface area (Å²) in [6, 6.07) is 0.986. The normalized spacial score (nSPS) is 16.7. The molecule has 1 aliphatic heterocycles. The van der Waals surface area contributed by atoms with Crippen molar-refractivity contribution in [1.82, 2.24) is 10.2 Å². The molecule has 0 aromatic heterocycles. The van der Waals surface area contributed by atoms with Crippen LogP contribution in [0.1, 0.15) is 23.6 Å². The first kappa shape index (κ1) is 23.5. The molecule has 0 radical (unpaired) electrons. The van der Waals surface area contributed by atoms with Gasteiger partial charge in [0.1, 0.15) is 5.82 Å². The minimum absolute atomic E-state index is 0. The minimum atomic E-state index is -4.56. The smallest absolute Gasteiger partial charge is 0.314 e. The third-order valence-electron chi connectivity index (χ3n) is 3.72. The van der Waals surface area contributed by atoms with E-state index in [1.165, 1.54) is 0 Å². The summed E-state index contributed by atoms with van der Waals surface area (Å²) in [6.45, 7) is 6.31. The van der Waals surface area contributed by atoms with Crippen molar-refractivity contribution in [1.29, 1.82) is 0 Å². The zero-order valence-electron chi connectivity index (χ0n) is 12.7. The molecule has 0 unspecified atom stereocenters. The van der Waals surface area contributed by atoms with Gasteiger partial charge in [0.25, 0.3) is 0 Å². The summed E-state index contributed by atoms with van der Waals surface area (Å²) in [5, 5.41) is 2.65. The summed E-state index contributed by atoms with van der Waals surface area (Å²) >= 11 is 5.68.